The highest BCUT2D eigenvalue weighted by molar-refractivity contribution is 6.48. The van der Waals surface area contributed by atoms with Crippen LogP contribution in [0.3, 0.4) is 0 Å². The molecule has 0 saturated carbocycles. The van der Waals surface area contributed by atoms with Crippen LogP contribution >= 0.6 is 34.8 Å². The molecule has 0 N–H and O–H groups in total. The molecule has 0 atom stereocenters. The summed E-state index contributed by atoms with van der Waals surface area (Å²) in [7, 11) is 0. The first-order chi connectivity index (χ1) is 13.4. The number of esters is 1. The van der Waals surface area contributed by atoms with E-state index in [9.17, 15) is 14.4 Å². The van der Waals surface area contributed by atoms with E-state index >= 15 is 0 Å². The molecule has 1 fully saturated rings. The summed E-state index contributed by atoms with van der Waals surface area (Å²) in [5.41, 5.74) is -0.224. The maximum Gasteiger partial charge on any atom is 0.359 e. The highest BCUT2D eigenvalue weighted by Crippen LogP contribution is 2.31. The fourth-order valence-corrected chi connectivity index (χ4v) is 3.15. The zero-order valence-corrected chi connectivity index (χ0v) is 16.6. The Balaban J connectivity index is 1.50. The third-order valence-electron chi connectivity index (χ3n) is 4.09. The molecule has 2 aromatic rings. The van der Waals surface area contributed by atoms with Gasteiger partial charge in [0.05, 0.1) is 21.3 Å². The molecule has 1 aliphatic heterocycles. The van der Waals surface area contributed by atoms with Crippen molar-refractivity contribution in [1.29, 1.82) is 0 Å². The van der Waals surface area contributed by atoms with Gasteiger partial charge in [-0.25, -0.2) is 9.78 Å². The van der Waals surface area contributed by atoms with Gasteiger partial charge in [0.15, 0.2) is 18.1 Å². The van der Waals surface area contributed by atoms with Crippen LogP contribution in [-0.4, -0.2) is 65.4 Å². The van der Waals surface area contributed by atoms with Crippen molar-refractivity contribution in [3.8, 4) is 0 Å². The minimum Gasteiger partial charge on any atom is -0.459 e. The summed E-state index contributed by atoms with van der Waals surface area (Å²) in [6.45, 7) is 0.839. The number of hydrogen-bond acceptors (Lipinski definition) is 6. The van der Waals surface area contributed by atoms with Gasteiger partial charge in [-0.05, 0) is 12.1 Å². The van der Waals surface area contributed by atoms with E-state index in [1.54, 1.807) is 17.0 Å². The molecule has 3 heterocycles. The predicted molar refractivity (Wildman–Crippen MR) is 101 cm³/mol. The lowest BCUT2D eigenvalue weighted by molar-refractivity contribution is -0.136. The summed E-state index contributed by atoms with van der Waals surface area (Å²) in [6.07, 6.45) is 2.60. The van der Waals surface area contributed by atoms with Gasteiger partial charge in [0, 0.05) is 32.4 Å². The molecule has 148 valence electrons. The van der Waals surface area contributed by atoms with Crippen molar-refractivity contribution in [2.24, 2.45) is 0 Å². The highest BCUT2D eigenvalue weighted by atomic mass is 35.5. The highest BCUT2D eigenvalue weighted by Gasteiger charge is 2.27. The van der Waals surface area contributed by atoms with Gasteiger partial charge in [-0.15, -0.1) is 0 Å². The summed E-state index contributed by atoms with van der Waals surface area (Å²) in [5.74, 6) is -1.26. The Kier molecular flexibility index (Phi) is 6.43. The second-order valence-electron chi connectivity index (χ2n) is 5.81. The minimum atomic E-state index is -0.886. The first-order valence-electron chi connectivity index (χ1n) is 8.15. The third-order valence-corrected chi connectivity index (χ3v) is 5.33. The molecule has 2 amide bonds. The number of nitrogens with zero attached hydrogens (tertiary/aromatic N) is 3. The predicted octanol–water partition coefficient (Wildman–Crippen LogP) is 2.78. The molecule has 1 aliphatic rings. The lowest BCUT2D eigenvalue weighted by Crippen LogP contribution is -2.51. The Bertz CT molecular complexity index is 896. The lowest BCUT2D eigenvalue weighted by atomic mass is 10.3. The van der Waals surface area contributed by atoms with E-state index in [2.05, 4.69) is 4.98 Å². The van der Waals surface area contributed by atoms with Gasteiger partial charge >= 0.3 is 5.97 Å². The fourth-order valence-electron chi connectivity index (χ4n) is 2.59. The molecule has 3 rings (SSSR count). The number of aromatic nitrogens is 1. The average molecular weight is 447 g/mol. The van der Waals surface area contributed by atoms with E-state index < -0.39 is 18.5 Å². The standard InChI is InChI=1S/C17H14Cl3N3O5/c18-10-8-21-15(14(20)13(10)19)17(26)28-9-12(24)22-3-5-23(6-4-22)16(25)11-2-1-7-27-11/h1-2,7-8H,3-6,9H2. The Labute approximate surface area is 174 Å². The van der Waals surface area contributed by atoms with Gasteiger partial charge < -0.3 is 19.0 Å². The van der Waals surface area contributed by atoms with E-state index in [0.717, 1.165) is 0 Å². The topological polar surface area (TPSA) is 93.0 Å². The largest absolute Gasteiger partial charge is 0.459 e. The fraction of sp³-hybridized carbons (Fsp3) is 0.294. The van der Waals surface area contributed by atoms with Gasteiger partial charge in [-0.3, -0.25) is 9.59 Å². The van der Waals surface area contributed by atoms with Crippen molar-refractivity contribution in [2.45, 2.75) is 0 Å². The Morgan fingerprint density at radius 1 is 1.07 bits per heavy atom. The first-order valence-corrected chi connectivity index (χ1v) is 9.29. The number of piperazine rings is 1. The van der Waals surface area contributed by atoms with Gasteiger partial charge in [-0.1, -0.05) is 34.8 Å². The molecular formula is C17H14Cl3N3O5. The van der Waals surface area contributed by atoms with Crippen LogP contribution in [0.5, 0.6) is 0 Å². The SMILES string of the molecule is O=C(OCC(=O)N1CCN(C(=O)c2ccco2)CC1)c1ncc(Cl)c(Cl)c1Cl. The molecule has 0 bridgehead atoms. The number of rotatable bonds is 4. The number of ether oxygens (including phenoxy) is 1. The Morgan fingerprint density at radius 3 is 2.39 bits per heavy atom. The molecule has 0 unspecified atom stereocenters. The Morgan fingerprint density at radius 2 is 1.75 bits per heavy atom. The zero-order chi connectivity index (χ0) is 20.3. The van der Waals surface area contributed by atoms with Gasteiger partial charge in [0.2, 0.25) is 0 Å². The van der Waals surface area contributed by atoms with Gasteiger partial charge in [-0.2, -0.15) is 0 Å². The van der Waals surface area contributed by atoms with Gasteiger partial charge in [0.1, 0.15) is 0 Å². The van der Waals surface area contributed by atoms with Crippen LogP contribution in [0.25, 0.3) is 0 Å². The van der Waals surface area contributed by atoms with Gasteiger partial charge in [0.25, 0.3) is 11.8 Å². The summed E-state index contributed by atoms with van der Waals surface area (Å²) in [5, 5.41) is -0.0631. The molecule has 2 aromatic heterocycles. The van der Waals surface area contributed by atoms with Crippen LogP contribution < -0.4 is 0 Å². The summed E-state index contributed by atoms with van der Waals surface area (Å²) < 4.78 is 10.1. The van der Waals surface area contributed by atoms with Crippen molar-refractivity contribution in [2.75, 3.05) is 32.8 Å². The maximum absolute atomic E-state index is 12.3. The molecule has 1 saturated heterocycles. The van der Waals surface area contributed by atoms with Crippen LogP contribution in [0.1, 0.15) is 21.0 Å². The monoisotopic (exact) mass is 445 g/mol. The second kappa shape index (κ2) is 8.81. The number of amides is 2. The number of furan rings is 1. The van der Waals surface area contributed by atoms with Crippen LogP contribution in [0.15, 0.2) is 29.0 Å². The number of pyridine rings is 1. The van der Waals surface area contributed by atoms with E-state index in [1.807, 2.05) is 0 Å². The minimum absolute atomic E-state index is 0.0195. The van der Waals surface area contributed by atoms with E-state index in [4.69, 9.17) is 44.0 Å². The van der Waals surface area contributed by atoms with Crippen molar-refractivity contribution in [1.82, 2.24) is 14.8 Å². The molecule has 0 radical (unpaired) electrons. The average Bonchev–Trinajstić information content (AvgIpc) is 3.24. The van der Waals surface area contributed by atoms with Crippen molar-refractivity contribution in [3.63, 3.8) is 0 Å². The summed E-state index contributed by atoms with van der Waals surface area (Å²) in [4.78, 5) is 43.4. The number of carbonyl (C=O) groups excluding carboxylic acids is 3. The molecule has 8 nitrogen and oxygen atoms in total. The molecule has 11 heteroatoms. The second-order valence-corrected chi connectivity index (χ2v) is 6.97. The van der Waals surface area contributed by atoms with Crippen LogP contribution in [0.2, 0.25) is 15.1 Å². The first kappa shape index (κ1) is 20.4. The zero-order valence-electron chi connectivity index (χ0n) is 14.4. The molecular weight excluding hydrogens is 433 g/mol. The molecule has 28 heavy (non-hydrogen) atoms. The number of halogens is 3. The van der Waals surface area contributed by atoms with Crippen molar-refractivity contribution in [3.05, 3.63) is 51.1 Å². The smallest absolute Gasteiger partial charge is 0.359 e. The van der Waals surface area contributed by atoms with Crippen molar-refractivity contribution >= 4 is 52.6 Å². The molecule has 0 aromatic carbocycles. The maximum atomic E-state index is 12.3. The number of carbonyl (C=O) groups is 3. The quantitative estimate of drug-likeness (QED) is 0.671. The van der Waals surface area contributed by atoms with Crippen molar-refractivity contribution < 1.29 is 23.5 Å². The van der Waals surface area contributed by atoms with E-state index in [-0.39, 0.29) is 32.4 Å². The third kappa shape index (κ3) is 4.40. The molecule has 0 aliphatic carbocycles. The van der Waals surface area contributed by atoms with E-state index in [0.29, 0.717) is 26.2 Å². The lowest BCUT2D eigenvalue weighted by Gasteiger charge is -2.34. The summed E-state index contributed by atoms with van der Waals surface area (Å²) in [6, 6.07) is 3.22. The van der Waals surface area contributed by atoms with Crippen LogP contribution in [0.4, 0.5) is 0 Å². The van der Waals surface area contributed by atoms with Crippen LogP contribution in [0, 0.1) is 0 Å². The molecule has 0 spiro atoms. The van der Waals surface area contributed by atoms with E-state index in [1.165, 1.54) is 17.4 Å². The Hall–Kier alpha value is -2.29. The number of hydrogen-bond donors (Lipinski definition) is 0. The summed E-state index contributed by atoms with van der Waals surface area (Å²) >= 11 is 17.5. The normalized spacial score (nSPS) is 14.1. The van der Waals surface area contributed by atoms with Crippen LogP contribution in [-0.2, 0) is 9.53 Å².